The summed E-state index contributed by atoms with van der Waals surface area (Å²) in [6.45, 7) is 13.3. The number of nitrogens with two attached hydrogens (primary N) is 2. The van der Waals surface area contributed by atoms with E-state index in [1.54, 1.807) is 24.3 Å². The van der Waals surface area contributed by atoms with E-state index in [1.807, 2.05) is 6.07 Å². The Balaban J connectivity index is 1.32. The minimum absolute atomic E-state index is 0.279. The fourth-order valence-corrected chi connectivity index (χ4v) is 12.0. The highest BCUT2D eigenvalue weighted by atomic mass is 16.5. The van der Waals surface area contributed by atoms with Gasteiger partial charge in [-0.3, -0.25) is 0 Å². The van der Waals surface area contributed by atoms with Crippen LogP contribution in [0.25, 0.3) is 6.08 Å². The predicted molar refractivity (Wildman–Crippen MR) is 205 cm³/mol. The maximum atomic E-state index is 11.5. The maximum absolute atomic E-state index is 11.5. The Bertz CT molecular complexity index is 1520. The van der Waals surface area contributed by atoms with E-state index in [0.717, 1.165) is 35.0 Å². The molecule has 0 aliphatic heterocycles. The van der Waals surface area contributed by atoms with Crippen molar-refractivity contribution < 1.29 is 19.4 Å². The molecule has 0 heterocycles. The topological polar surface area (TPSA) is 108 Å². The van der Waals surface area contributed by atoms with Crippen LogP contribution in [0.4, 0.5) is 11.4 Å². The molecule has 0 spiro atoms. The van der Waals surface area contributed by atoms with Crippen LogP contribution < -0.4 is 20.9 Å². The summed E-state index contributed by atoms with van der Waals surface area (Å²) >= 11 is 0. The lowest BCUT2D eigenvalue weighted by atomic mass is 9.44. The van der Waals surface area contributed by atoms with Crippen LogP contribution in [-0.2, 0) is 4.79 Å². The molecule has 9 atom stereocenters. The second-order valence-electron chi connectivity index (χ2n) is 17.6. The summed E-state index contributed by atoms with van der Waals surface area (Å²) in [7, 11) is 0. The molecule has 4 aliphatic carbocycles. The normalized spacial score (nSPS) is 32.7. The first-order valence-electron chi connectivity index (χ1n) is 19.9. The zero-order valence-electron chi connectivity index (χ0n) is 31.5. The Hall–Kier alpha value is -3.15. The molecule has 50 heavy (non-hydrogen) atoms. The largest absolute Gasteiger partial charge is 0.490 e. The molecule has 0 bridgehead atoms. The van der Waals surface area contributed by atoms with Crippen molar-refractivity contribution in [1.82, 2.24) is 0 Å². The van der Waals surface area contributed by atoms with Crippen molar-refractivity contribution >= 4 is 23.4 Å². The van der Waals surface area contributed by atoms with Crippen molar-refractivity contribution in [2.24, 2.45) is 52.3 Å². The second-order valence-corrected chi connectivity index (χ2v) is 17.6. The highest BCUT2D eigenvalue weighted by molar-refractivity contribution is 5.85. The number of hydrogen-bond acceptors (Lipinski definition) is 5. The van der Waals surface area contributed by atoms with Crippen molar-refractivity contribution in [1.29, 1.82) is 0 Å². The summed E-state index contributed by atoms with van der Waals surface area (Å²) in [5, 5.41) is 9.46. The number of ether oxygens (including phenoxy) is 2. The third kappa shape index (κ3) is 7.41. The van der Waals surface area contributed by atoms with Crippen LogP contribution in [0, 0.1) is 52.3 Å². The maximum Gasteiger partial charge on any atom is 0.328 e. The quantitative estimate of drug-likeness (QED) is 0.110. The lowest BCUT2D eigenvalue weighted by molar-refractivity contribution is -0.131. The Morgan fingerprint density at radius 2 is 1.66 bits per heavy atom. The van der Waals surface area contributed by atoms with Crippen LogP contribution >= 0.6 is 0 Å². The molecule has 5 N–H and O–H groups in total. The zero-order chi connectivity index (χ0) is 35.6. The summed E-state index contributed by atoms with van der Waals surface area (Å²) in [5.74, 6) is 6.04. The number of rotatable bonds is 13. The monoisotopic (exact) mass is 684 g/mol. The van der Waals surface area contributed by atoms with E-state index >= 15 is 0 Å². The number of carbonyl (C=O) groups is 1. The number of hydrogen-bond donors (Lipinski definition) is 3. The molecule has 6 heteroatoms. The number of nitrogen functional groups attached to an aromatic ring is 2. The number of carboxylic acid groups (broad SMARTS) is 1. The van der Waals surface area contributed by atoms with Crippen molar-refractivity contribution in [2.75, 3.05) is 24.7 Å². The number of anilines is 2. The van der Waals surface area contributed by atoms with Gasteiger partial charge in [0.2, 0.25) is 0 Å². The molecule has 4 saturated carbocycles. The van der Waals surface area contributed by atoms with Crippen molar-refractivity contribution in [2.45, 2.75) is 118 Å². The van der Waals surface area contributed by atoms with Gasteiger partial charge in [-0.1, -0.05) is 72.8 Å². The molecular formula is C44H64N2O4. The van der Waals surface area contributed by atoms with E-state index in [-0.39, 0.29) is 5.41 Å². The van der Waals surface area contributed by atoms with Gasteiger partial charge in [0.05, 0.1) is 5.69 Å². The van der Waals surface area contributed by atoms with Crippen LogP contribution in [0.1, 0.15) is 129 Å². The van der Waals surface area contributed by atoms with E-state index in [4.69, 9.17) is 20.9 Å². The summed E-state index contributed by atoms with van der Waals surface area (Å²) < 4.78 is 12.6. The number of fused-ring (bicyclic) bond motifs is 5. The highest BCUT2D eigenvalue weighted by Crippen LogP contribution is 2.71. The highest BCUT2D eigenvalue weighted by Gasteiger charge is 2.62. The number of benzene rings is 2. The average molecular weight is 685 g/mol. The molecule has 6 rings (SSSR count). The Morgan fingerprint density at radius 1 is 0.900 bits per heavy atom. The SMILES string of the molecule is CC(C)CCC[C@@H](C)[C@H]1C(c2cc(C=CC(=O)O)ccc2OCCOc2ccc(N)cc2N)C[C@H]2[C@@H]3CCC4CCCC[C@]4(C)[C@H]3CC[C@]12C. The van der Waals surface area contributed by atoms with Gasteiger partial charge in [0, 0.05) is 11.8 Å². The van der Waals surface area contributed by atoms with E-state index in [2.05, 4.69) is 46.8 Å². The summed E-state index contributed by atoms with van der Waals surface area (Å²) in [5.41, 5.74) is 16.1. The van der Waals surface area contributed by atoms with Gasteiger partial charge in [-0.05, 0) is 151 Å². The van der Waals surface area contributed by atoms with Crippen LogP contribution in [0.5, 0.6) is 11.5 Å². The van der Waals surface area contributed by atoms with Gasteiger partial charge in [-0.15, -0.1) is 0 Å². The molecule has 2 aromatic carbocycles. The molecule has 2 unspecified atom stereocenters. The van der Waals surface area contributed by atoms with Crippen molar-refractivity contribution in [3.63, 3.8) is 0 Å². The third-order valence-corrected chi connectivity index (χ3v) is 14.3. The lowest BCUT2D eigenvalue weighted by Crippen LogP contribution is -2.53. The first-order chi connectivity index (χ1) is 23.9. The Kier molecular flexibility index (Phi) is 11.1. The summed E-state index contributed by atoms with van der Waals surface area (Å²) in [6, 6.07) is 11.6. The van der Waals surface area contributed by atoms with Gasteiger partial charge in [-0.25, -0.2) is 4.79 Å². The summed E-state index contributed by atoms with van der Waals surface area (Å²) in [4.78, 5) is 11.5. The fraction of sp³-hybridized carbons (Fsp3) is 0.659. The zero-order valence-corrected chi connectivity index (χ0v) is 31.5. The Morgan fingerprint density at radius 3 is 2.40 bits per heavy atom. The van der Waals surface area contributed by atoms with Crippen LogP contribution in [-0.4, -0.2) is 24.3 Å². The van der Waals surface area contributed by atoms with Gasteiger partial charge < -0.3 is 26.0 Å². The van der Waals surface area contributed by atoms with Crippen molar-refractivity contribution in [3.05, 3.63) is 53.6 Å². The molecule has 274 valence electrons. The summed E-state index contributed by atoms with van der Waals surface area (Å²) in [6.07, 6.45) is 19.1. The number of aliphatic carboxylic acids is 1. The van der Waals surface area contributed by atoms with Gasteiger partial charge in [-0.2, -0.15) is 0 Å². The van der Waals surface area contributed by atoms with E-state index in [9.17, 15) is 9.90 Å². The molecule has 0 radical (unpaired) electrons. The predicted octanol–water partition coefficient (Wildman–Crippen LogP) is 10.6. The van der Waals surface area contributed by atoms with Gasteiger partial charge in [0.25, 0.3) is 0 Å². The van der Waals surface area contributed by atoms with E-state index < -0.39 is 5.97 Å². The van der Waals surface area contributed by atoms with Gasteiger partial charge >= 0.3 is 5.97 Å². The van der Waals surface area contributed by atoms with Gasteiger partial charge in [0.15, 0.2) is 0 Å². The first kappa shape index (κ1) is 36.6. The number of carboxylic acids is 1. The fourth-order valence-electron chi connectivity index (χ4n) is 12.0. The molecule has 4 fully saturated rings. The first-order valence-corrected chi connectivity index (χ1v) is 19.9. The van der Waals surface area contributed by atoms with Crippen LogP contribution in [0.2, 0.25) is 0 Å². The minimum atomic E-state index is -0.931. The minimum Gasteiger partial charge on any atom is -0.490 e. The molecule has 0 aromatic heterocycles. The van der Waals surface area contributed by atoms with Crippen molar-refractivity contribution in [3.8, 4) is 11.5 Å². The molecule has 4 aliphatic rings. The van der Waals surface area contributed by atoms with Crippen LogP contribution in [0.3, 0.4) is 0 Å². The average Bonchev–Trinajstić information content (AvgIpc) is 3.39. The lowest BCUT2D eigenvalue weighted by Gasteiger charge is -2.61. The molecule has 0 saturated heterocycles. The third-order valence-electron chi connectivity index (χ3n) is 14.3. The van der Waals surface area contributed by atoms with E-state index in [0.29, 0.717) is 59.4 Å². The van der Waals surface area contributed by atoms with Crippen LogP contribution in [0.15, 0.2) is 42.5 Å². The van der Waals surface area contributed by atoms with E-state index in [1.165, 1.54) is 88.7 Å². The molecular weight excluding hydrogens is 620 g/mol. The molecule has 2 aromatic rings. The standard InChI is InChI=1S/C44H64N2O4/c1-28(2)9-8-10-29(3)42-35(27-37-33-16-14-31-11-6-7-21-43(31,4)36(33)20-22-44(37,42)5)34-25-30(13-19-41(47)48)12-17-39(34)49-23-24-50-40-18-15-32(45)26-38(40)46/h12-13,15,17-19,25-26,28-29,31,33,35-37,42H,6-11,14,16,20-24,27,45-46H2,1-5H3,(H,47,48)/t29-,31?,33-,35?,36+,37+,42+,43+,44+/m1/s1. The molecule has 6 nitrogen and oxygen atoms in total. The van der Waals surface area contributed by atoms with Gasteiger partial charge in [0.1, 0.15) is 24.7 Å². The second kappa shape index (κ2) is 15.2. The smallest absolute Gasteiger partial charge is 0.328 e. The Labute approximate surface area is 301 Å². The molecule has 0 amide bonds.